The number of carbonyl (C=O) groups is 2. The molecule has 0 radical (unpaired) electrons. The highest BCUT2D eigenvalue weighted by Gasteiger charge is 2.19. The monoisotopic (exact) mass is 504 g/mol. The highest BCUT2D eigenvalue weighted by atomic mass is 32.1. The van der Waals surface area contributed by atoms with Gasteiger partial charge in [-0.15, -0.1) is 0 Å². The van der Waals surface area contributed by atoms with Gasteiger partial charge in [-0.05, 0) is 42.8 Å². The fourth-order valence-corrected chi connectivity index (χ4v) is 3.47. The van der Waals surface area contributed by atoms with Gasteiger partial charge in [0.2, 0.25) is 11.8 Å². The predicted octanol–water partition coefficient (Wildman–Crippen LogP) is 2.39. The van der Waals surface area contributed by atoms with Gasteiger partial charge in [0.1, 0.15) is 33.6 Å². The van der Waals surface area contributed by atoms with Crippen LogP contribution < -0.4 is 25.1 Å². The summed E-state index contributed by atoms with van der Waals surface area (Å²) in [6.07, 6.45) is -0.438. The molecule has 182 valence electrons. The normalized spacial score (nSPS) is 10.1. The summed E-state index contributed by atoms with van der Waals surface area (Å²) in [6, 6.07) is 10.6. The first-order chi connectivity index (χ1) is 16.1. The third-order valence-electron chi connectivity index (χ3n) is 4.83. The molecule has 0 fully saturated rings. The Bertz CT molecular complexity index is 1090. The first-order valence-corrected chi connectivity index (χ1v) is 10.9. The SMILES string of the molecule is COc1ccc(C)c(C(=S)N(C)NC(=O)CC(=O)NN(C)C(=S)c2cc(OC)ccc2OC)c1. The van der Waals surface area contributed by atoms with Crippen molar-refractivity contribution in [1.29, 1.82) is 0 Å². The van der Waals surface area contributed by atoms with Gasteiger partial charge in [0.05, 0.1) is 26.9 Å². The average molecular weight is 505 g/mol. The highest BCUT2D eigenvalue weighted by Crippen LogP contribution is 2.25. The average Bonchev–Trinajstić information content (AvgIpc) is 2.82. The lowest BCUT2D eigenvalue weighted by Crippen LogP contribution is -2.47. The Morgan fingerprint density at radius 2 is 1.26 bits per heavy atom. The lowest BCUT2D eigenvalue weighted by molar-refractivity contribution is -0.132. The van der Waals surface area contributed by atoms with Crippen LogP contribution in [0.2, 0.25) is 0 Å². The molecule has 34 heavy (non-hydrogen) atoms. The van der Waals surface area contributed by atoms with Gasteiger partial charge in [0.25, 0.3) is 0 Å². The van der Waals surface area contributed by atoms with Crippen LogP contribution in [0.25, 0.3) is 0 Å². The third kappa shape index (κ3) is 6.78. The molecule has 0 atom stereocenters. The smallest absolute Gasteiger partial charge is 0.248 e. The van der Waals surface area contributed by atoms with E-state index in [1.54, 1.807) is 45.5 Å². The van der Waals surface area contributed by atoms with E-state index in [-0.39, 0.29) is 4.99 Å². The quantitative estimate of drug-likeness (QED) is 0.335. The summed E-state index contributed by atoms with van der Waals surface area (Å²) < 4.78 is 15.8. The largest absolute Gasteiger partial charge is 0.497 e. The Hall–Kier alpha value is -3.44. The zero-order valence-electron chi connectivity index (χ0n) is 19.9. The zero-order valence-corrected chi connectivity index (χ0v) is 21.6. The summed E-state index contributed by atoms with van der Waals surface area (Å²) in [5.74, 6) is 0.658. The van der Waals surface area contributed by atoms with Gasteiger partial charge in [-0.3, -0.25) is 30.5 Å². The van der Waals surface area contributed by atoms with Crippen molar-refractivity contribution in [3.05, 3.63) is 53.1 Å². The van der Waals surface area contributed by atoms with Gasteiger partial charge in [-0.1, -0.05) is 30.5 Å². The number of rotatable bonds is 7. The van der Waals surface area contributed by atoms with E-state index in [0.717, 1.165) is 11.1 Å². The van der Waals surface area contributed by atoms with E-state index in [1.807, 2.05) is 19.1 Å². The number of ether oxygens (including phenoxy) is 3. The Morgan fingerprint density at radius 3 is 1.76 bits per heavy atom. The maximum absolute atomic E-state index is 12.4. The molecule has 0 spiro atoms. The van der Waals surface area contributed by atoms with Gasteiger partial charge in [0, 0.05) is 19.7 Å². The molecule has 0 unspecified atom stereocenters. The van der Waals surface area contributed by atoms with E-state index in [9.17, 15) is 9.59 Å². The molecule has 11 heteroatoms. The first-order valence-electron chi connectivity index (χ1n) is 10.1. The number of hydrogen-bond acceptors (Lipinski definition) is 7. The molecule has 9 nitrogen and oxygen atoms in total. The molecule has 0 saturated heterocycles. The van der Waals surface area contributed by atoms with Crippen LogP contribution in [-0.2, 0) is 9.59 Å². The van der Waals surface area contributed by atoms with E-state index in [2.05, 4.69) is 10.9 Å². The number of aryl methyl sites for hydroxylation is 1. The Morgan fingerprint density at radius 1 is 0.794 bits per heavy atom. The summed E-state index contributed by atoms with van der Waals surface area (Å²) in [5, 5.41) is 2.73. The van der Waals surface area contributed by atoms with Crippen LogP contribution in [-0.4, -0.2) is 67.2 Å². The molecule has 0 aromatic heterocycles. The molecule has 0 aliphatic rings. The number of nitrogens with zero attached hydrogens (tertiary/aromatic N) is 2. The molecular formula is C23H28N4O5S2. The van der Waals surface area contributed by atoms with Crippen molar-refractivity contribution in [2.24, 2.45) is 0 Å². The third-order valence-corrected chi connectivity index (χ3v) is 5.81. The maximum Gasteiger partial charge on any atom is 0.248 e. The van der Waals surface area contributed by atoms with Crippen LogP contribution in [0.3, 0.4) is 0 Å². The molecular weight excluding hydrogens is 476 g/mol. The standard InChI is InChI=1S/C23H28N4O5S2/c1-14-7-8-15(30-4)11-17(14)22(33)26(2)24-20(28)13-21(29)25-27(3)23(34)18-12-16(31-5)9-10-19(18)32-6/h7-12H,13H2,1-6H3,(H,24,28)(H,25,29). The second kappa shape index (κ2) is 12.1. The topological polar surface area (TPSA) is 92.4 Å². The van der Waals surface area contributed by atoms with Gasteiger partial charge < -0.3 is 14.2 Å². The lowest BCUT2D eigenvalue weighted by atomic mass is 10.1. The maximum atomic E-state index is 12.4. The van der Waals surface area contributed by atoms with Gasteiger partial charge in [-0.2, -0.15) is 0 Å². The first kappa shape index (κ1) is 26.8. The highest BCUT2D eigenvalue weighted by molar-refractivity contribution is 7.81. The molecule has 0 aliphatic carbocycles. The minimum absolute atomic E-state index is 0.288. The minimum Gasteiger partial charge on any atom is -0.497 e. The van der Waals surface area contributed by atoms with Crippen LogP contribution >= 0.6 is 24.4 Å². The number of benzene rings is 2. The van der Waals surface area contributed by atoms with Crippen molar-refractivity contribution in [2.75, 3.05) is 35.4 Å². The zero-order chi connectivity index (χ0) is 25.4. The van der Waals surface area contributed by atoms with Crippen molar-refractivity contribution < 1.29 is 23.8 Å². The molecule has 0 aliphatic heterocycles. The Labute approximate surface area is 209 Å². The van der Waals surface area contributed by atoms with Crippen molar-refractivity contribution in [2.45, 2.75) is 13.3 Å². The Kier molecular flexibility index (Phi) is 9.58. The van der Waals surface area contributed by atoms with Crippen LogP contribution in [0.4, 0.5) is 0 Å². The molecule has 2 aromatic carbocycles. The number of hydrazine groups is 2. The molecule has 2 aromatic rings. The number of methoxy groups -OCH3 is 3. The molecule has 0 saturated carbocycles. The van der Waals surface area contributed by atoms with Crippen molar-refractivity contribution in [1.82, 2.24) is 20.9 Å². The summed E-state index contributed by atoms with van der Waals surface area (Å²) in [4.78, 5) is 25.5. The number of amides is 2. The summed E-state index contributed by atoms with van der Waals surface area (Å²) in [5.41, 5.74) is 7.41. The van der Waals surface area contributed by atoms with Crippen molar-refractivity contribution in [3.63, 3.8) is 0 Å². The van der Waals surface area contributed by atoms with Crippen LogP contribution in [0.1, 0.15) is 23.1 Å². The Balaban J connectivity index is 1.98. The van der Waals surface area contributed by atoms with Crippen LogP contribution in [0.5, 0.6) is 17.2 Å². The van der Waals surface area contributed by atoms with Crippen LogP contribution in [0, 0.1) is 6.92 Å². The lowest BCUT2D eigenvalue weighted by Gasteiger charge is -2.24. The van der Waals surface area contributed by atoms with Gasteiger partial charge >= 0.3 is 0 Å². The fraction of sp³-hybridized carbons (Fsp3) is 0.304. The van der Waals surface area contributed by atoms with Gasteiger partial charge in [0.15, 0.2) is 0 Å². The summed E-state index contributed by atoms with van der Waals surface area (Å²) in [7, 11) is 7.80. The van der Waals surface area contributed by atoms with Crippen molar-refractivity contribution in [3.8, 4) is 17.2 Å². The van der Waals surface area contributed by atoms with E-state index < -0.39 is 18.2 Å². The molecule has 2 amide bonds. The molecule has 2 N–H and O–H groups in total. The second-order valence-electron chi connectivity index (χ2n) is 7.22. The number of nitrogens with one attached hydrogen (secondary N) is 2. The fourth-order valence-electron chi connectivity index (χ4n) is 3.00. The molecule has 0 bridgehead atoms. The molecule has 2 rings (SSSR count). The number of thiocarbonyl (C=S) groups is 2. The predicted molar refractivity (Wildman–Crippen MR) is 137 cm³/mol. The van der Waals surface area contributed by atoms with E-state index >= 15 is 0 Å². The summed E-state index contributed by atoms with van der Waals surface area (Å²) >= 11 is 10.9. The van der Waals surface area contributed by atoms with Crippen molar-refractivity contribution >= 4 is 46.2 Å². The summed E-state index contributed by atoms with van der Waals surface area (Å²) in [6.45, 7) is 1.90. The van der Waals surface area contributed by atoms with E-state index in [1.165, 1.54) is 24.2 Å². The minimum atomic E-state index is -0.555. The molecule has 0 heterocycles. The van der Waals surface area contributed by atoms with E-state index in [4.69, 9.17) is 38.6 Å². The number of hydrogen-bond donors (Lipinski definition) is 2. The second-order valence-corrected chi connectivity index (χ2v) is 8.00. The van der Waals surface area contributed by atoms with Gasteiger partial charge in [-0.25, -0.2) is 0 Å². The number of carbonyl (C=O) groups excluding carboxylic acids is 2. The van der Waals surface area contributed by atoms with Crippen LogP contribution in [0.15, 0.2) is 36.4 Å². The van der Waals surface area contributed by atoms with E-state index in [0.29, 0.717) is 27.8 Å².